The normalized spacial score (nSPS) is 13.4. The summed E-state index contributed by atoms with van der Waals surface area (Å²) in [5.74, 6) is 1.41. The molecule has 218 valence electrons. The Labute approximate surface area is 244 Å². The van der Waals surface area contributed by atoms with Crippen molar-refractivity contribution in [1.29, 1.82) is 0 Å². The summed E-state index contributed by atoms with van der Waals surface area (Å²) in [4.78, 5) is 28.5. The van der Waals surface area contributed by atoms with Gasteiger partial charge in [-0.2, -0.15) is 0 Å². The SMILES string of the molecule is COc1ccc(N(C(=O)NCc2cccc(F)c2)c2cc(Nc3ccc(N4CCN(C)CC4)cc3)ncn2)c(OC)c1. The number of amides is 2. The molecule has 0 atom stereocenters. The predicted molar refractivity (Wildman–Crippen MR) is 162 cm³/mol. The van der Waals surface area contributed by atoms with Gasteiger partial charge < -0.3 is 29.9 Å². The van der Waals surface area contributed by atoms with Crippen LogP contribution in [0.25, 0.3) is 0 Å². The standard InChI is InChI=1S/C31H34FN7O3/c1-37-13-15-38(16-14-37)25-9-7-24(8-10-25)36-29-19-30(35-21-34-29)39(27-12-11-26(41-2)18-28(27)42-3)31(40)33-20-22-5-4-6-23(32)17-22/h4-12,17-19,21H,13-16,20H2,1-3H3,(H,33,40)(H,34,35,36). The Morgan fingerprint density at radius 2 is 1.74 bits per heavy atom. The number of aromatic nitrogens is 2. The summed E-state index contributed by atoms with van der Waals surface area (Å²) in [5.41, 5.74) is 3.08. The summed E-state index contributed by atoms with van der Waals surface area (Å²) < 4.78 is 24.7. The number of methoxy groups -OCH3 is 2. The number of hydrogen-bond acceptors (Lipinski definition) is 8. The van der Waals surface area contributed by atoms with Crippen molar-refractivity contribution in [3.8, 4) is 11.5 Å². The van der Waals surface area contributed by atoms with Crippen LogP contribution in [-0.4, -0.2) is 68.3 Å². The smallest absolute Gasteiger partial charge is 0.328 e. The zero-order chi connectivity index (χ0) is 29.5. The number of benzene rings is 3. The molecule has 5 rings (SSSR count). The summed E-state index contributed by atoms with van der Waals surface area (Å²) in [7, 11) is 5.21. The van der Waals surface area contributed by atoms with E-state index < -0.39 is 6.03 Å². The van der Waals surface area contributed by atoms with Crippen molar-refractivity contribution in [2.45, 2.75) is 6.54 Å². The molecule has 0 saturated carbocycles. The highest BCUT2D eigenvalue weighted by atomic mass is 19.1. The first-order chi connectivity index (χ1) is 20.4. The number of rotatable bonds is 9. The maximum Gasteiger partial charge on any atom is 0.328 e. The number of halogens is 1. The van der Waals surface area contributed by atoms with Gasteiger partial charge in [-0.15, -0.1) is 0 Å². The van der Waals surface area contributed by atoms with E-state index in [1.165, 1.54) is 36.2 Å². The molecule has 0 bridgehead atoms. The molecule has 3 aromatic carbocycles. The molecule has 2 amide bonds. The molecule has 1 saturated heterocycles. The number of nitrogens with one attached hydrogen (secondary N) is 2. The molecule has 1 aromatic heterocycles. The third-order valence-electron chi connectivity index (χ3n) is 7.05. The minimum atomic E-state index is -0.482. The second-order valence-corrected chi connectivity index (χ2v) is 9.89. The van der Waals surface area contributed by atoms with Crippen molar-refractivity contribution in [1.82, 2.24) is 20.2 Å². The number of nitrogens with zero attached hydrogens (tertiary/aromatic N) is 5. The average molecular weight is 572 g/mol. The van der Waals surface area contributed by atoms with E-state index in [0.29, 0.717) is 34.4 Å². The molecule has 2 heterocycles. The monoisotopic (exact) mass is 571 g/mol. The van der Waals surface area contributed by atoms with E-state index in [2.05, 4.69) is 49.6 Å². The molecule has 0 radical (unpaired) electrons. The van der Waals surface area contributed by atoms with E-state index in [0.717, 1.165) is 31.9 Å². The number of carbonyl (C=O) groups is 1. The molecule has 0 unspecified atom stereocenters. The van der Waals surface area contributed by atoms with E-state index in [9.17, 15) is 9.18 Å². The van der Waals surface area contributed by atoms with Crippen LogP contribution >= 0.6 is 0 Å². The summed E-state index contributed by atoms with van der Waals surface area (Å²) in [5, 5.41) is 6.17. The lowest BCUT2D eigenvalue weighted by Crippen LogP contribution is -2.44. The Hall–Kier alpha value is -4.90. The molecule has 1 fully saturated rings. The van der Waals surface area contributed by atoms with Crippen molar-refractivity contribution < 1.29 is 18.7 Å². The lowest BCUT2D eigenvalue weighted by molar-refractivity contribution is 0.248. The molecule has 2 N–H and O–H groups in total. The third kappa shape index (κ3) is 6.87. The van der Waals surface area contributed by atoms with Gasteiger partial charge in [0, 0.05) is 56.2 Å². The van der Waals surface area contributed by atoms with Crippen LogP contribution in [0.3, 0.4) is 0 Å². The highest BCUT2D eigenvalue weighted by Crippen LogP contribution is 2.36. The zero-order valence-electron chi connectivity index (χ0n) is 23.9. The third-order valence-corrected chi connectivity index (χ3v) is 7.05. The summed E-state index contributed by atoms with van der Waals surface area (Å²) >= 11 is 0. The lowest BCUT2D eigenvalue weighted by atomic mass is 10.2. The van der Waals surface area contributed by atoms with Gasteiger partial charge in [0.2, 0.25) is 0 Å². The second-order valence-electron chi connectivity index (χ2n) is 9.89. The second kappa shape index (κ2) is 13.2. The van der Waals surface area contributed by atoms with Crippen LogP contribution in [0, 0.1) is 5.82 Å². The Kier molecular flexibility index (Phi) is 8.98. The molecule has 0 spiro atoms. The maximum absolute atomic E-state index is 13.7. The van der Waals surface area contributed by atoms with E-state index >= 15 is 0 Å². The first-order valence-electron chi connectivity index (χ1n) is 13.6. The Morgan fingerprint density at radius 1 is 0.952 bits per heavy atom. The number of urea groups is 1. The molecule has 11 heteroatoms. The molecule has 0 aliphatic carbocycles. The van der Waals surface area contributed by atoms with E-state index in [4.69, 9.17) is 9.47 Å². The van der Waals surface area contributed by atoms with Gasteiger partial charge in [-0.25, -0.2) is 24.1 Å². The van der Waals surface area contributed by atoms with Crippen molar-refractivity contribution in [2.24, 2.45) is 0 Å². The number of likely N-dealkylation sites (N-methyl/N-ethyl adjacent to an activating group) is 1. The van der Waals surface area contributed by atoms with Crippen molar-refractivity contribution >= 4 is 34.7 Å². The van der Waals surface area contributed by atoms with E-state index in [1.54, 1.807) is 43.5 Å². The molecular formula is C31H34FN7O3. The number of piperazine rings is 1. The number of anilines is 5. The molecule has 42 heavy (non-hydrogen) atoms. The van der Waals surface area contributed by atoms with Crippen molar-refractivity contribution in [2.75, 3.05) is 62.6 Å². The van der Waals surface area contributed by atoms with Crippen molar-refractivity contribution in [3.05, 3.63) is 90.5 Å². The maximum atomic E-state index is 13.7. The molecule has 1 aliphatic rings. The minimum absolute atomic E-state index is 0.113. The zero-order valence-corrected chi connectivity index (χ0v) is 23.9. The highest BCUT2D eigenvalue weighted by Gasteiger charge is 2.24. The van der Waals surface area contributed by atoms with Gasteiger partial charge in [-0.3, -0.25) is 0 Å². The summed E-state index contributed by atoms with van der Waals surface area (Å²) in [6.07, 6.45) is 1.39. The Bertz CT molecular complexity index is 1510. The Balaban J connectivity index is 1.39. The van der Waals surface area contributed by atoms with Gasteiger partial charge in [0.15, 0.2) is 0 Å². The summed E-state index contributed by atoms with van der Waals surface area (Å²) in [6, 6.07) is 20.6. The van der Waals surface area contributed by atoms with Gasteiger partial charge in [-0.05, 0) is 61.1 Å². The van der Waals surface area contributed by atoms with Gasteiger partial charge in [-0.1, -0.05) is 12.1 Å². The number of hydrogen-bond donors (Lipinski definition) is 2. The fourth-order valence-corrected chi connectivity index (χ4v) is 4.72. The molecule has 4 aromatic rings. The average Bonchev–Trinajstić information content (AvgIpc) is 3.01. The van der Waals surface area contributed by atoms with Gasteiger partial charge in [0.05, 0.1) is 19.9 Å². The number of ether oxygens (including phenoxy) is 2. The fourth-order valence-electron chi connectivity index (χ4n) is 4.72. The van der Waals surface area contributed by atoms with Crippen LogP contribution in [0.4, 0.5) is 37.9 Å². The van der Waals surface area contributed by atoms with Crippen LogP contribution in [0.15, 0.2) is 79.1 Å². The van der Waals surface area contributed by atoms with Crippen LogP contribution in [0.5, 0.6) is 11.5 Å². The predicted octanol–water partition coefficient (Wildman–Crippen LogP) is 5.18. The van der Waals surface area contributed by atoms with Crippen LogP contribution in [-0.2, 0) is 6.54 Å². The highest BCUT2D eigenvalue weighted by molar-refractivity contribution is 6.00. The number of carbonyl (C=O) groups excluding carboxylic acids is 1. The minimum Gasteiger partial charge on any atom is -0.497 e. The van der Waals surface area contributed by atoms with Crippen LogP contribution in [0.1, 0.15) is 5.56 Å². The lowest BCUT2D eigenvalue weighted by Gasteiger charge is -2.34. The molecule has 1 aliphatic heterocycles. The molecular weight excluding hydrogens is 537 g/mol. The van der Waals surface area contributed by atoms with Gasteiger partial charge in [0.25, 0.3) is 0 Å². The topological polar surface area (TPSA) is 95.1 Å². The first kappa shape index (κ1) is 28.6. The largest absolute Gasteiger partial charge is 0.497 e. The summed E-state index contributed by atoms with van der Waals surface area (Å²) in [6.45, 7) is 4.17. The van der Waals surface area contributed by atoms with Crippen LogP contribution < -0.4 is 29.9 Å². The van der Waals surface area contributed by atoms with E-state index in [-0.39, 0.29) is 12.4 Å². The van der Waals surface area contributed by atoms with Gasteiger partial charge >= 0.3 is 6.03 Å². The Morgan fingerprint density at radius 3 is 2.45 bits per heavy atom. The molecule has 10 nitrogen and oxygen atoms in total. The fraction of sp³-hybridized carbons (Fsp3) is 0.258. The van der Waals surface area contributed by atoms with Crippen molar-refractivity contribution in [3.63, 3.8) is 0 Å². The first-order valence-corrected chi connectivity index (χ1v) is 13.6. The van der Waals surface area contributed by atoms with Gasteiger partial charge in [0.1, 0.15) is 35.3 Å². The quantitative estimate of drug-likeness (QED) is 0.284. The van der Waals surface area contributed by atoms with Crippen LogP contribution in [0.2, 0.25) is 0 Å². The van der Waals surface area contributed by atoms with E-state index in [1.807, 2.05) is 12.1 Å².